The lowest BCUT2D eigenvalue weighted by molar-refractivity contribution is -0.120. The third-order valence-corrected chi connectivity index (χ3v) is 5.67. The topological polar surface area (TPSA) is 106 Å². The molecule has 0 aliphatic carbocycles. The molecule has 0 saturated carbocycles. The van der Waals surface area contributed by atoms with Crippen molar-refractivity contribution >= 4 is 58.2 Å². The van der Waals surface area contributed by atoms with Crippen LogP contribution in [0.15, 0.2) is 71.8 Å². The lowest BCUT2D eigenvalue weighted by Crippen LogP contribution is -2.35. The summed E-state index contributed by atoms with van der Waals surface area (Å²) < 4.78 is 11.8. The lowest BCUT2D eigenvalue weighted by Gasteiger charge is -2.11. The summed E-state index contributed by atoms with van der Waals surface area (Å²) in [5.41, 5.74) is 3.79. The van der Waals surface area contributed by atoms with Gasteiger partial charge in [0.1, 0.15) is 0 Å². The number of carbonyl (C=O) groups excluding carboxylic acids is 3. The number of hydrogen-bond acceptors (Lipinski definition) is 6. The second kappa shape index (κ2) is 12.9. The lowest BCUT2D eigenvalue weighted by atomic mass is 10.2. The number of esters is 1. The van der Waals surface area contributed by atoms with Crippen LogP contribution in [-0.4, -0.2) is 37.1 Å². The standard InChI is InChI=1S/C25H21ClIN3O5/c1-2-34-22-13-16(7-12-21(22)35-25(33)17-8-10-18(26)11-9-17)14-29-30-23(31)15-28-24(32)19-5-3-4-6-20(19)27/h3-14H,2,15H2,1H3,(H,28,32)(H,30,31)/b29-14-. The highest BCUT2D eigenvalue weighted by molar-refractivity contribution is 14.1. The molecule has 0 fully saturated rings. The van der Waals surface area contributed by atoms with E-state index in [1.807, 2.05) is 6.07 Å². The normalized spacial score (nSPS) is 10.6. The number of benzene rings is 3. The van der Waals surface area contributed by atoms with Crippen LogP contribution < -0.4 is 20.2 Å². The van der Waals surface area contributed by atoms with Gasteiger partial charge in [-0.25, -0.2) is 10.2 Å². The molecule has 180 valence electrons. The Morgan fingerprint density at radius 1 is 1.03 bits per heavy atom. The van der Waals surface area contributed by atoms with E-state index in [1.165, 1.54) is 6.21 Å². The zero-order chi connectivity index (χ0) is 25.2. The minimum atomic E-state index is -0.552. The second-order valence-electron chi connectivity index (χ2n) is 6.99. The molecule has 0 heterocycles. The highest BCUT2D eigenvalue weighted by Crippen LogP contribution is 2.29. The van der Waals surface area contributed by atoms with Crippen LogP contribution in [0.2, 0.25) is 5.02 Å². The predicted molar refractivity (Wildman–Crippen MR) is 141 cm³/mol. The molecular weight excluding hydrogens is 585 g/mol. The number of ether oxygens (including phenoxy) is 2. The van der Waals surface area contributed by atoms with Crippen LogP contribution in [0.3, 0.4) is 0 Å². The summed E-state index contributed by atoms with van der Waals surface area (Å²) in [6, 6.07) is 18.3. The zero-order valence-electron chi connectivity index (χ0n) is 18.6. The molecule has 2 N–H and O–H groups in total. The van der Waals surface area contributed by atoms with Crippen molar-refractivity contribution in [3.63, 3.8) is 0 Å². The molecule has 8 nitrogen and oxygen atoms in total. The Hall–Kier alpha value is -3.44. The van der Waals surface area contributed by atoms with E-state index < -0.39 is 11.9 Å². The fraction of sp³-hybridized carbons (Fsp3) is 0.120. The largest absolute Gasteiger partial charge is 0.490 e. The van der Waals surface area contributed by atoms with Crippen LogP contribution in [0.4, 0.5) is 0 Å². The Kier molecular flexibility index (Phi) is 9.62. The van der Waals surface area contributed by atoms with Gasteiger partial charge < -0.3 is 14.8 Å². The Balaban J connectivity index is 1.57. The number of hydrazone groups is 1. The fourth-order valence-electron chi connectivity index (χ4n) is 2.82. The van der Waals surface area contributed by atoms with Gasteiger partial charge in [0.25, 0.3) is 11.8 Å². The number of nitrogens with zero attached hydrogens (tertiary/aromatic N) is 1. The van der Waals surface area contributed by atoms with Gasteiger partial charge >= 0.3 is 5.97 Å². The van der Waals surface area contributed by atoms with Crippen LogP contribution in [0, 0.1) is 3.57 Å². The van der Waals surface area contributed by atoms with Gasteiger partial charge in [-0.2, -0.15) is 5.10 Å². The maximum absolute atomic E-state index is 12.4. The van der Waals surface area contributed by atoms with Gasteiger partial charge in [-0.05, 0) is 89.7 Å². The van der Waals surface area contributed by atoms with E-state index in [0.29, 0.717) is 34.1 Å². The van der Waals surface area contributed by atoms with Gasteiger partial charge in [0, 0.05) is 8.59 Å². The number of rotatable bonds is 9. The quantitative estimate of drug-likeness (QED) is 0.123. The van der Waals surface area contributed by atoms with E-state index >= 15 is 0 Å². The van der Waals surface area contributed by atoms with Crippen molar-refractivity contribution < 1.29 is 23.9 Å². The molecule has 0 unspecified atom stereocenters. The summed E-state index contributed by atoms with van der Waals surface area (Å²) in [6.45, 7) is 1.92. The van der Waals surface area contributed by atoms with Crippen molar-refractivity contribution in [1.29, 1.82) is 0 Å². The maximum atomic E-state index is 12.4. The highest BCUT2D eigenvalue weighted by atomic mass is 127. The monoisotopic (exact) mass is 605 g/mol. The van der Waals surface area contributed by atoms with E-state index in [9.17, 15) is 14.4 Å². The first-order valence-electron chi connectivity index (χ1n) is 10.5. The van der Waals surface area contributed by atoms with Crippen molar-refractivity contribution in [2.24, 2.45) is 5.10 Å². The molecule has 2 amide bonds. The van der Waals surface area contributed by atoms with Crippen LogP contribution in [0.5, 0.6) is 11.5 Å². The van der Waals surface area contributed by atoms with Gasteiger partial charge in [0.15, 0.2) is 11.5 Å². The van der Waals surface area contributed by atoms with Crippen LogP contribution in [0.25, 0.3) is 0 Å². The molecule has 10 heteroatoms. The van der Waals surface area contributed by atoms with E-state index in [2.05, 4.69) is 38.4 Å². The van der Waals surface area contributed by atoms with Crippen molar-refractivity contribution in [1.82, 2.24) is 10.7 Å². The molecule has 0 aromatic heterocycles. The summed E-state index contributed by atoms with van der Waals surface area (Å²) in [5, 5.41) is 6.97. The molecular formula is C25H21ClIN3O5. The number of amides is 2. The second-order valence-corrected chi connectivity index (χ2v) is 8.59. The van der Waals surface area contributed by atoms with Crippen molar-refractivity contribution in [3.05, 3.63) is 92.0 Å². The number of nitrogens with one attached hydrogen (secondary N) is 2. The Labute approximate surface area is 220 Å². The third kappa shape index (κ3) is 7.79. The van der Waals surface area contributed by atoms with Crippen molar-refractivity contribution in [2.75, 3.05) is 13.2 Å². The molecule has 35 heavy (non-hydrogen) atoms. The molecule has 0 atom stereocenters. The SMILES string of the molecule is CCOc1cc(/C=N\NC(=O)CNC(=O)c2ccccc2I)ccc1OC(=O)c1ccc(Cl)cc1. The molecule has 3 rings (SSSR count). The van der Waals surface area contributed by atoms with Gasteiger partial charge in [0.2, 0.25) is 0 Å². The zero-order valence-corrected chi connectivity index (χ0v) is 21.5. The van der Waals surface area contributed by atoms with E-state index in [4.69, 9.17) is 21.1 Å². The molecule has 0 bridgehead atoms. The van der Waals surface area contributed by atoms with Crippen LogP contribution in [0.1, 0.15) is 33.2 Å². The Morgan fingerprint density at radius 3 is 2.49 bits per heavy atom. The van der Waals surface area contributed by atoms with Crippen LogP contribution in [-0.2, 0) is 4.79 Å². The number of carbonyl (C=O) groups is 3. The molecule has 0 saturated heterocycles. The average Bonchev–Trinajstić information content (AvgIpc) is 2.85. The van der Waals surface area contributed by atoms with Gasteiger partial charge in [0.05, 0.1) is 30.5 Å². The summed E-state index contributed by atoms with van der Waals surface area (Å²) in [7, 11) is 0. The molecule has 0 radical (unpaired) electrons. The maximum Gasteiger partial charge on any atom is 0.343 e. The van der Waals surface area contributed by atoms with E-state index in [-0.39, 0.29) is 18.2 Å². The van der Waals surface area contributed by atoms with Crippen molar-refractivity contribution in [2.45, 2.75) is 6.92 Å². The first-order valence-corrected chi connectivity index (χ1v) is 11.9. The Bertz CT molecular complexity index is 1250. The van der Waals surface area contributed by atoms with Gasteiger partial charge in [-0.3, -0.25) is 9.59 Å². The number of halogens is 2. The molecule has 0 spiro atoms. The minimum Gasteiger partial charge on any atom is -0.490 e. The van der Waals surface area contributed by atoms with Crippen molar-refractivity contribution in [3.8, 4) is 11.5 Å². The highest BCUT2D eigenvalue weighted by Gasteiger charge is 2.14. The first kappa shape index (κ1) is 26.2. The molecule has 3 aromatic rings. The predicted octanol–water partition coefficient (Wildman–Crippen LogP) is 4.44. The van der Waals surface area contributed by atoms with E-state index in [1.54, 1.807) is 67.6 Å². The fourth-order valence-corrected chi connectivity index (χ4v) is 3.58. The minimum absolute atomic E-state index is 0.231. The van der Waals surface area contributed by atoms with Crippen LogP contribution >= 0.6 is 34.2 Å². The summed E-state index contributed by atoms with van der Waals surface area (Å²) in [4.78, 5) is 36.6. The summed E-state index contributed by atoms with van der Waals surface area (Å²) in [6.07, 6.45) is 1.41. The summed E-state index contributed by atoms with van der Waals surface area (Å²) in [5.74, 6) is -0.803. The molecule has 0 aliphatic rings. The summed E-state index contributed by atoms with van der Waals surface area (Å²) >= 11 is 7.91. The van der Waals surface area contributed by atoms with Gasteiger partial charge in [-0.1, -0.05) is 23.7 Å². The molecule has 3 aromatic carbocycles. The smallest absolute Gasteiger partial charge is 0.343 e. The molecule has 0 aliphatic heterocycles. The number of hydrogen-bond donors (Lipinski definition) is 2. The first-order chi connectivity index (χ1) is 16.9. The van der Waals surface area contributed by atoms with E-state index in [0.717, 1.165) is 3.57 Å². The van der Waals surface area contributed by atoms with Gasteiger partial charge in [-0.15, -0.1) is 0 Å². The average molecular weight is 606 g/mol. The Morgan fingerprint density at radius 2 is 1.77 bits per heavy atom. The third-order valence-electron chi connectivity index (χ3n) is 4.48.